The Morgan fingerprint density at radius 2 is 2.08 bits per heavy atom. The lowest BCUT2D eigenvalue weighted by atomic mass is 9.88. The lowest BCUT2D eigenvalue weighted by molar-refractivity contribution is 0.0261. The van der Waals surface area contributed by atoms with Crippen molar-refractivity contribution in [2.24, 2.45) is 10.9 Å². The molecule has 0 amide bonds. The first-order valence-electron chi connectivity index (χ1n) is 16.3. The van der Waals surface area contributed by atoms with E-state index >= 15 is 4.39 Å². The average Bonchev–Trinajstić information content (AvgIpc) is 3.75. The zero-order valence-corrected chi connectivity index (χ0v) is 27.7. The monoisotopic (exact) mass is 708 g/mol. The predicted octanol–water partition coefficient (Wildman–Crippen LogP) is 4.12. The molecular weight excluding hydrogens is 677 g/mol. The molecule has 0 saturated carbocycles. The number of fused-ring (bicyclic) bond motifs is 4. The highest BCUT2D eigenvalue weighted by Gasteiger charge is 2.49. The molecule has 0 aliphatic carbocycles. The summed E-state index contributed by atoms with van der Waals surface area (Å²) in [5.74, 6) is -0.749. The summed E-state index contributed by atoms with van der Waals surface area (Å²) in [4.78, 5) is 15.7. The van der Waals surface area contributed by atoms with Crippen molar-refractivity contribution in [1.82, 2.24) is 25.5 Å². The van der Waals surface area contributed by atoms with E-state index in [0.717, 1.165) is 36.3 Å². The summed E-state index contributed by atoms with van der Waals surface area (Å²) in [5.41, 5.74) is 13.0. The van der Waals surface area contributed by atoms with Gasteiger partial charge >= 0.3 is 0 Å². The number of anilines is 2. The minimum atomic E-state index is -0.947. The van der Waals surface area contributed by atoms with Crippen LogP contribution >= 0.6 is 22.9 Å². The Kier molecular flexibility index (Phi) is 7.15. The number of benzene rings is 2. The summed E-state index contributed by atoms with van der Waals surface area (Å²) in [6, 6.07) is 6.24. The number of nitrogens with zero attached hydrogens (tertiary/aromatic N) is 4. The number of ether oxygens (including phenoxy) is 2. The third-order valence-electron chi connectivity index (χ3n) is 10.4. The largest absolute Gasteiger partial charge is 0.463 e. The SMILES string of the molecule is Nc1nc2c(-c3c(F)c4c5c(c3Cl)=N[C@@H]3C[C@H](NC=5N3)C(Cc3cccnc3N)C=C(OC[C@@]35CCCN3C[C@H](F)C5)O4)ccc(F)c2s1. The maximum absolute atomic E-state index is 17.2. The molecular formula is C34H32ClF3N8O2S. The lowest BCUT2D eigenvalue weighted by Crippen LogP contribution is -2.57. The molecule has 5 aliphatic heterocycles. The number of hydrogen-bond donors (Lipinski definition) is 4. The smallest absolute Gasteiger partial charge is 0.281 e. The quantitative estimate of drug-likeness (QED) is 0.233. The molecule has 3 saturated heterocycles. The Bertz CT molecular complexity index is 2200. The van der Waals surface area contributed by atoms with Gasteiger partial charge in [-0.2, -0.15) is 0 Å². The molecule has 0 spiro atoms. The minimum absolute atomic E-state index is 0.0365. The van der Waals surface area contributed by atoms with Gasteiger partial charge in [0.25, 0.3) is 5.95 Å². The normalized spacial score (nSPS) is 26.9. The number of rotatable bonds is 6. The van der Waals surface area contributed by atoms with Gasteiger partial charge in [0.2, 0.25) is 0 Å². The van der Waals surface area contributed by atoms with Gasteiger partial charge in [0.1, 0.15) is 36.4 Å². The maximum Gasteiger partial charge on any atom is 0.281 e. The van der Waals surface area contributed by atoms with Crippen molar-refractivity contribution < 1.29 is 22.6 Å². The van der Waals surface area contributed by atoms with E-state index in [0.29, 0.717) is 48.0 Å². The van der Waals surface area contributed by atoms with E-state index < -0.39 is 29.5 Å². The van der Waals surface area contributed by atoms with Crippen molar-refractivity contribution in [3.8, 4) is 16.9 Å². The number of alkyl halides is 1. The molecule has 6 N–H and O–H groups in total. The van der Waals surface area contributed by atoms with E-state index in [4.69, 9.17) is 37.5 Å². The number of halogens is 4. The van der Waals surface area contributed by atoms with Crippen LogP contribution in [0.5, 0.6) is 5.75 Å². The summed E-state index contributed by atoms with van der Waals surface area (Å²) >= 11 is 8.01. The molecule has 3 bridgehead atoms. The van der Waals surface area contributed by atoms with E-state index in [-0.39, 0.29) is 61.8 Å². The van der Waals surface area contributed by atoms with Crippen LogP contribution in [0.15, 0.2) is 47.5 Å². The molecule has 2 aromatic carbocycles. The molecule has 7 heterocycles. The van der Waals surface area contributed by atoms with Crippen LogP contribution in [0, 0.1) is 17.6 Å². The molecule has 0 radical (unpaired) electrons. The molecule has 10 nitrogen and oxygen atoms in total. The van der Waals surface area contributed by atoms with Gasteiger partial charge in [-0.25, -0.2) is 23.1 Å². The van der Waals surface area contributed by atoms with Crippen molar-refractivity contribution in [2.75, 3.05) is 31.2 Å². The third-order valence-corrected chi connectivity index (χ3v) is 11.7. The highest BCUT2D eigenvalue weighted by Crippen LogP contribution is 2.43. The Morgan fingerprint density at radius 1 is 1.20 bits per heavy atom. The number of pyridine rings is 1. The predicted molar refractivity (Wildman–Crippen MR) is 181 cm³/mol. The summed E-state index contributed by atoms with van der Waals surface area (Å²) in [6.45, 7) is 1.32. The molecule has 254 valence electrons. The van der Waals surface area contributed by atoms with Crippen molar-refractivity contribution in [1.29, 1.82) is 0 Å². The van der Waals surface area contributed by atoms with Crippen molar-refractivity contribution >= 4 is 49.9 Å². The minimum Gasteiger partial charge on any atom is -0.463 e. The molecule has 1 unspecified atom stereocenters. The van der Waals surface area contributed by atoms with Crippen LogP contribution in [-0.2, 0) is 11.2 Å². The second-order valence-corrected chi connectivity index (χ2v) is 14.8. The fraction of sp³-hybridized carbons (Fsp3) is 0.382. The van der Waals surface area contributed by atoms with E-state index in [9.17, 15) is 8.78 Å². The van der Waals surface area contributed by atoms with Crippen LogP contribution in [0.1, 0.15) is 31.2 Å². The molecule has 15 heteroatoms. The first-order valence-corrected chi connectivity index (χ1v) is 17.5. The fourth-order valence-corrected chi connectivity index (χ4v) is 9.28. The molecule has 2 aromatic heterocycles. The fourth-order valence-electron chi connectivity index (χ4n) is 8.19. The Balaban J connectivity index is 1.22. The second-order valence-electron chi connectivity index (χ2n) is 13.4. The number of nitrogens with two attached hydrogens (primary N) is 2. The molecule has 4 aromatic rings. The Hall–Kier alpha value is -4.27. The van der Waals surface area contributed by atoms with Gasteiger partial charge in [0.05, 0.1) is 31.4 Å². The zero-order chi connectivity index (χ0) is 33.6. The van der Waals surface area contributed by atoms with Gasteiger partial charge < -0.3 is 31.6 Å². The van der Waals surface area contributed by atoms with Gasteiger partial charge in [-0.3, -0.25) is 9.89 Å². The Morgan fingerprint density at radius 3 is 2.94 bits per heavy atom. The van der Waals surface area contributed by atoms with Crippen LogP contribution in [-0.4, -0.2) is 58.5 Å². The average molecular weight is 709 g/mol. The van der Waals surface area contributed by atoms with E-state index in [1.807, 2.05) is 18.2 Å². The van der Waals surface area contributed by atoms with Crippen LogP contribution in [0.25, 0.3) is 27.2 Å². The summed E-state index contributed by atoms with van der Waals surface area (Å²) in [7, 11) is 0. The summed E-state index contributed by atoms with van der Waals surface area (Å²) < 4.78 is 60.0. The van der Waals surface area contributed by atoms with Gasteiger partial charge in [0.15, 0.2) is 16.7 Å². The lowest BCUT2D eigenvalue weighted by Gasteiger charge is -2.37. The van der Waals surface area contributed by atoms with Crippen LogP contribution in [0.3, 0.4) is 0 Å². The van der Waals surface area contributed by atoms with Crippen molar-refractivity contribution in [2.45, 2.75) is 56.0 Å². The maximum atomic E-state index is 17.2. The van der Waals surface area contributed by atoms with Crippen LogP contribution in [0.4, 0.5) is 24.1 Å². The molecule has 5 atom stereocenters. The van der Waals surface area contributed by atoms with E-state index in [1.165, 1.54) is 12.1 Å². The van der Waals surface area contributed by atoms with Crippen LogP contribution < -0.4 is 37.4 Å². The summed E-state index contributed by atoms with van der Waals surface area (Å²) in [6.07, 6.45) is 5.26. The van der Waals surface area contributed by atoms with Crippen LogP contribution in [0.2, 0.25) is 5.02 Å². The van der Waals surface area contributed by atoms with Crippen molar-refractivity contribution in [3.63, 3.8) is 0 Å². The molecule has 5 aliphatic rings. The molecule has 9 rings (SSSR count). The number of thiazole rings is 1. The van der Waals surface area contributed by atoms with Gasteiger partial charge in [-0.05, 0) is 49.6 Å². The highest BCUT2D eigenvalue weighted by atomic mass is 35.5. The summed E-state index contributed by atoms with van der Waals surface area (Å²) in [5, 5.41) is 7.73. The van der Waals surface area contributed by atoms with E-state index in [2.05, 4.69) is 25.5 Å². The second kappa shape index (κ2) is 11.4. The number of nitrogen functional groups attached to an aromatic ring is 2. The Labute approximate surface area is 287 Å². The zero-order valence-electron chi connectivity index (χ0n) is 26.1. The number of hydrogen-bond acceptors (Lipinski definition) is 11. The standard InChI is InChI=1S/C34H32ClF3N8O2S/c35-25-23(18-4-5-19(37)30-27(18)45-33(40)49-30)26(38)29-24-28(25)43-21-11-20(42-32(24)44-21)16(9-15-3-1-7-41-31(15)39)10-22(48-29)47-14-34-6-2-8-46(34)13-17(36)12-34/h1,3-5,7,10,16-17,20-21,42,44H,2,6,8-9,11-14H2,(H2,39,41)(H2,40,45)/t16?,17-,20+,21+,34+/m1/s1. The van der Waals surface area contributed by atoms with Gasteiger partial charge in [-0.15, -0.1) is 0 Å². The van der Waals surface area contributed by atoms with E-state index in [1.54, 1.807) is 6.20 Å². The topological polar surface area (TPSA) is 136 Å². The van der Waals surface area contributed by atoms with Gasteiger partial charge in [0, 0.05) is 54.7 Å². The molecule has 3 fully saturated rings. The number of nitrogens with one attached hydrogen (secondary N) is 2. The van der Waals surface area contributed by atoms with Crippen molar-refractivity contribution in [3.05, 3.63) is 75.3 Å². The van der Waals surface area contributed by atoms with Gasteiger partial charge in [-0.1, -0.05) is 29.0 Å². The highest BCUT2D eigenvalue weighted by molar-refractivity contribution is 7.22. The molecule has 49 heavy (non-hydrogen) atoms. The third kappa shape index (κ3) is 4.97. The first kappa shape index (κ1) is 30.8. The first-order chi connectivity index (χ1) is 23.7. The number of aromatic nitrogens is 2.